The number of rotatable bonds is 8. The highest BCUT2D eigenvalue weighted by atomic mass is 35.5. The van der Waals surface area contributed by atoms with E-state index in [1.165, 1.54) is 7.11 Å². The first-order valence-corrected chi connectivity index (χ1v) is 7.70. The summed E-state index contributed by atoms with van der Waals surface area (Å²) in [5.41, 5.74) is -0.381. The number of aliphatic hydroxyl groups is 1. The normalized spacial score (nSPS) is 11.8. The van der Waals surface area contributed by atoms with Gasteiger partial charge in [0.25, 0.3) is 5.69 Å². The maximum absolute atomic E-state index is 12.5. The highest BCUT2D eigenvalue weighted by molar-refractivity contribution is 7.89. The van der Waals surface area contributed by atoms with Crippen molar-refractivity contribution in [2.75, 3.05) is 33.4 Å². The SMILES string of the molecule is COCCN(CCO)S(=O)(=O)c1cc([N+](=O)[O-])ccc1Cl. The van der Waals surface area contributed by atoms with Gasteiger partial charge < -0.3 is 9.84 Å². The van der Waals surface area contributed by atoms with Crippen molar-refractivity contribution in [2.24, 2.45) is 0 Å². The smallest absolute Gasteiger partial charge is 0.270 e. The second-order valence-electron chi connectivity index (χ2n) is 3.99. The first-order chi connectivity index (χ1) is 9.84. The highest BCUT2D eigenvalue weighted by Gasteiger charge is 2.28. The maximum Gasteiger partial charge on any atom is 0.270 e. The van der Waals surface area contributed by atoms with E-state index in [9.17, 15) is 18.5 Å². The number of sulfonamides is 1. The second kappa shape index (κ2) is 7.66. The predicted octanol–water partition coefficient (Wildman–Crippen LogP) is 0.878. The molecule has 0 unspecified atom stereocenters. The lowest BCUT2D eigenvalue weighted by Gasteiger charge is -2.21. The van der Waals surface area contributed by atoms with Crippen molar-refractivity contribution in [3.63, 3.8) is 0 Å². The first kappa shape index (κ1) is 17.8. The van der Waals surface area contributed by atoms with E-state index in [4.69, 9.17) is 21.4 Å². The Hall–Kier alpha value is -1.26. The molecule has 21 heavy (non-hydrogen) atoms. The second-order valence-corrected chi connectivity index (χ2v) is 6.31. The number of methoxy groups -OCH3 is 1. The third-order valence-electron chi connectivity index (χ3n) is 2.64. The highest BCUT2D eigenvalue weighted by Crippen LogP contribution is 2.28. The molecule has 1 aromatic carbocycles. The summed E-state index contributed by atoms with van der Waals surface area (Å²) in [6, 6.07) is 3.17. The van der Waals surface area contributed by atoms with Crippen LogP contribution in [0.2, 0.25) is 5.02 Å². The fourth-order valence-electron chi connectivity index (χ4n) is 1.60. The molecule has 10 heteroatoms. The van der Waals surface area contributed by atoms with Gasteiger partial charge in [-0.1, -0.05) is 11.6 Å². The van der Waals surface area contributed by atoms with Gasteiger partial charge in [-0.2, -0.15) is 4.31 Å². The lowest BCUT2D eigenvalue weighted by atomic mass is 10.3. The topological polar surface area (TPSA) is 110 Å². The van der Waals surface area contributed by atoms with Crippen LogP contribution in [0.5, 0.6) is 0 Å². The fraction of sp³-hybridized carbons (Fsp3) is 0.455. The quantitative estimate of drug-likeness (QED) is 0.556. The number of ether oxygens (including phenoxy) is 1. The van der Waals surface area contributed by atoms with Crippen LogP contribution in [-0.4, -0.2) is 56.2 Å². The van der Waals surface area contributed by atoms with Gasteiger partial charge in [0.15, 0.2) is 0 Å². The summed E-state index contributed by atoms with van der Waals surface area (Å²) >= 11 is 5.84. The average molecular weight is 339 g/mol. The van der Waals surface area contributed by atoms with E-state index in [1.54, 1.807) is 0 Å². The minimum atomic E-state index is -4.07. The number of nitro groups is 1. The van der Waals surface area contributed by atoms with Crippen LogP contribution in [0.1, 0.15) is 0 Å². The van der Waals surface area contributed by atoms with Crippen LogP contribution in [0.4, 0.5) is 5.69 Å². The summed E-state index contributed by atoms with van der Waals surface area (Å²) in [6.07, 6.45) is 0. The van der Waals surface area contributed by atoms with Gasteiger partial charge in [0, 0.05) is 32.3 Å². The molecule has 1 N–H and O–H groups in total. The molecule has 0 saturated heterocycles. The summed E-state index contributed by atoms with van der Waals surface area (Å²) in [6.45, 7) is -0.440. The van der Waals surface area contributed by atoms with Gasteiger partial charge in [-0.05, 0) is 6.07 Å². The molecule has 0 fully saturated rings. The third kappa shape index (κ3) is 4.35. The molecule has 1 rings (SSSR count). The van der Waals surface area contributed by atoms with Gasteiger partial charge in [0.1, 0.15) is 4.90 Å². The lowest BCUT2D eigenvalue weighted by molar-refractivity contribution is -0.385. The van der Waals surface area contributed by atoms with E-state index in [2.05, 4.69) is 0 Å². The van der Waals surface area contributed by atoms with Crippen LogP contribution in [0, 0.1) is 10.1 Å². The summed E-state index contributed by atoms with van der Waals surface area (Å²) in [5.74, 6) is 0. The number of hydrogen-bond donors (Lipinski definition) is 1. The molecule has 1 aromatic rings. The van der Waals surface area contributed by atoms with Crippen LogP contribution < -0.4 is 0 Å². The Morgan fingerprint density at radius 2 is 2.10 bits per heavy atom. The summed E-state index contributed by atoms with van der Waals surface area (Å²) in [4.78, 5) is 9.67. The lowest BCUT2D eigenvalue weighted by Crippen LogP contribution is -2.36. The van der Waals surface area contributed by atoms with Crippen molar-refractivity contribution in [3.8, 4) is 0 Å². The Kier molecular flexibility index (Phi) is 6.49. The number of halogens is 1. The van der Waals surface area contributed by atoms with E-state index < -0.39 is 21.6 Å². The number of hydrogen-bond acceptors (Lipinski definition) is 6. The average Bonchev–Trinajstić information content (AvgIpc) is 2.43. The van der Waals surface area contributed by atoms with Gasteiger partial charge in [0.05, 0.1) is 23.2 Å². The Morgan fingerprint density at radius 3 is 2.62 bits per heavy atom. The van der Waals surface area contributed by atoms with Crippen LogP contribution in [0.25, 0.3) is 0 Å². The van der Waals surface area contributed by atoms with Crippen molar-refractivity contribution < 1.29 is 23.2 Å². The molecule has 0 heterocycles. The largest absolute Gasteiger partial charge is 0.395 e. The molecule has 0 bridgehead atoms. The van der Waals surface area contributed by atoms with Crippen molar-refractivity contribution in [2.45, 2.75) is 4.90 Å². The van der Waals surface area contributed by atoms with Crippen LogP contribution in [-0.2, 0) is 14.8 Å². The van der Waals surface area contributed by atoms with Crippen molar-refractivity contribution in [1.29, 1.82) is 0 Å². The third-order valence-corrected chi connectivity index (χ3v) is 5.02. The van der Waals surface area contributed by atoms with E-state index in [0.29, 0.717) is 0 Å². The first-order valence-electron chi connectivity index (χ1n) is 5.88. The molecular weight excluding hydrogens is 324 g/mol. The van der Waals surface area contributed by atoms with Gasteiger partial charge in [-0.3, -0.25) is 10.1 Å². The minimum absolute atomic E-state index is 0.00157. The molecule has 118 valence electrons. The van der Waals surface area contributed by atoms with Gasteiger partial charge in [-0.15, -0.1) is 0 Å². The monoisotopic (exact) mass is 338 g/mol. The standard InChI is InChI=1S/C11H15ClN2O6S/c1-20-7-5-13(4-6-15)21(18,19)11-8-9(14(16)17)2-3-10(11)12/h2-3,8,15H,4-7H2,1H3. The Bertz CT molecular complexity index is 607. The molecule has 0 aliphatic rings. The zero-order valence-corrected chi connectivity index (χ0v) is 12.8. The van der Waals surface area contributed by atoms with Gasteiger partial charge >= 0.3 is 0 Å². The van der Waals surface area contributed by atoms with Gasteiger partial charge in [-0.25, -0.2) is 8.42 Å². The number of nitro benzene ring substituents is 1. The van der Waals surface area contributed by atoms with E-state index in [1.807, 2.05) is 0 Å². The molecule has 0 spiro atoms. The zero-order chi connectivity index (χ0) is 16.0. The molecular formula is C11H15ClN2O6S. The van der Waals surface area contributed by atoms with Gasteiger partial charge in [0.2, 0.25) is 10.0 Å². The molecule has 0 aromatic heterocycles. The fourth-order valence-corrected chi connectivity index (χ4v) is 3.51. The molecule has 0 amide bonds. The Labute approximate surface area is 127 Å². The predicted molar refractivity (Wildman–Crippen MR) is 75.8 cm³/mol. The minimum Gasteiger partial charge on any atom is -0.395 e. The Balaban J connectivity index is 3.26. The molecule has 0 atom stereocenters. The summed E-state index contributed by atoms with van der Waals surface area (Å²) in [7, 11) is -2.66. The molecule has 0 saturated carbocycles. The molecule has 0 aliphatic carbocycles. The summed E-state index contributed by atoms with van der Waals surface area (Å²) < 4.78 is 30.7. The zero-order valence-electron chi connectivity index (χ0n) is 11.2. The molecule has 0 radical (unpaired) electrons. The van der Waals surface area contributed by atoms with Crippen LogP contribution in [0.15, 0.2) is 23.1 Å². The number of benzene rings is 1. The van der Waals surface area contributed by atoms with Crippen LogP contribution in [0.3, 0.4) is 0 Å². The number of nitrogens with zero attached hydrogens (tertiary/aromatic N) is 2. The van der Waals surface area contributed by atoms with Crippen molar-refractivity contribution >= 4 is 27.3 Å². The number of aliphatic hydroxyl groups excluding tert-OH is 1. The van der Waals surface area contributed by atoms with Crippen molar-refractivity contribution in [3.05, 3.63) is 33.3 Å². The molecule has 0 aliphatic heterocycles. The van der Waals surface area contributed by atoms with E-state index in [0.717, 1.165) is 22.5 Å². The maximum atomic E-state index is 12.5. The number of non-ortho nitro benzene ring substituents is 1. The van der Waals surface area contributed by atoms with E-state index in [-0.39, 0.29) is 35.3 Å². The Morgan fingerprint density at radius 1 is 1.43 bits per heavy atom. The van der Waals surface area contributed by atoms with Crippen molar-refractivity contribution in [1.82, 2.24) is 4.31 Å². The van der Waals surface area contributed by atoms with E-state index >= 15 is 0 Å². The molecule has 8 nitrogen and oxygen atoms in total. The van der Waals surface area contributed by atoms with Crippen LogP contribution >= 0.6 is 11.6 Å². The summed E-state index contributed by atoms with van der Waals surface area (Å²) in [5, 5.41) is 19.6.